The Hall–Kier alpha value is -0.870. The number of hydrogen-bond donors (Lipinski definition) is 0. The highest BCUT2D eigenvalue weighted by molar-refractivity contribution is 6.17. The van der Waals surface area contributed by atoms with Gasteiger partial charge in [-0.2, -0.15) is 0 Å². The molecule has 0 aliphatic rings. The first-order valence-corrected chi connectivity index (χ1v) is 7.04. The molecule has 0 bridgehead atoms. The maximum absolute atomic E-state index is 5.56. The first kappa shape index (κ1) is 15.2. The zero-order valence-electron chi connectivity index (χ0n) is 11.2. The minimum Gasteiger partial charge on any atom is -0.378 e. The SMILES string of the molecule is CCCc1cc(N(CC)CCOCCCl)ncn1. The molecule has 18 heavy (non-hydrogen) atoms. The Morgan fingerprint density at radius 3 is 2.78 bits per heavy atom. The van der Waals surface area contributed by atoms with Crippen LogP contribution in [-0.2, 0) is 11.2 Å². The lowest BCUT2D eigenvalue weighted by Crippen LogP contribution is -2.28. The smallest absolute Gasteiger partial charge is 0.132 e. The number of alkyl halides is 1. The maximum Gasteiger partial charge on any atom is 0.132 e. The second kappa shape index (κ2) is 9.11. The molecule has 0 saturated heterocycles. The summed E-state index contributed by atoms with van der Waals surface area (Å²) in [4.78, 5) is 10.8. The number of likely N-dealkylation sites (N-methyl/N-ethyl adjacent to an activating group) is 1. The van der Waals surface area contributed by atoms with Gasteiger partial charge >= 0.3 is 0 Å². The van der Waals surface area contributed by atoms with Gasteiger partial charge in [-0.25, -0.2) is 9.97 Å². The van der Waals surface area contributed by atoms with Crippen molar-refractivity contribution in [3.63, 3.8) is 0 Å². The summed E-state index contributed by atoms with van der Waals surface area (Å²) >= 11 is 5.56. The van der Waals surface area contributed by atoms with Crippen LogP contribution < -0.4 is 4.90 Å². The fourth-order valence-electron chi connectivity index (χ4n) is 1.72. The third-order valence-electron chi connectivity index (χ3n) is 2.65. The number of hydrogen-bond acceptors (Lipinski definition) is 4. The van der Waals surface area contributed by atoms with E-state index in [-0.39, 0.29) is 0 Å². The minimum absolute atomic E-state index is 0.542. The topological polar surface area (TPSA) is 38.2 Å². The zero-order chi connectivity index (χ0) is 13.2. The Morgan fingerprint density at radius 1 is 1.28 bits per heavy atom. The summed E-state index contributed by atoms with van der Waals surface area (Å²) in [6, 6.07) is 2.06. The van der Waals surface area contributed by atoms with Crippen molar-refractivity contribution in [3.8, 4) is 0 Å². The predicted octanol–water partition coefficient (Wildman–Crippen LogP) is 2.51. The van der Waals surface area contributed by atoms with E-state index in [1.165, 1.54) is 0 Å². The standard InChI is InChI=1S/C13H22ClN3O/c1-3-5-12-10-13(16-11-15-12)17(4-2)7-9-18-8-6-14/h10-11H,3-9H2,1-2H3. The fourth-order valence-corrected chi connectivity index (χ4v) is 1.83. The molecule has 5 heteroatoms. The lowest BCUT2D eigenvalue weighted by Gasteiger charge is -2.21. The summed E-state index contributed by atoms with van der Waals surface area (Å²) in [5.74, 6) is 1.52. The quantitative estimate of drug-likeness (QED) is 0.511. The van der Waals surface area contributed by atoms with E-state index >= 15 is 0 Å². The Bertz CT molecular complexity index is 336. The molecule has 0 spiro atoms. The molecule has 0 atom stereocenters. The first-order chi connectivity index (χ1) is 8.81. The Kier molecular flexibility index (Phi) is 7.69. The number of ether oxygens (including phenoxy) is 1. The van der Waals surface area contributed by atoms with Crippen molar-refractivity contribution in [1.82, 2.24) is 9.97 Å². The lowest BCUT2D eigenvalue weighted by atomic mass is 10.2. The van der Waals surface area contributed by atoms with Gasteiger partial charge in [-0.1, -0.05) is 13.3 Å². The molecule has 0 aliphatic carbocycles. The third-order valence-corrected chi connectivity index (χ3v) is 2.80. The van der Waals surface area contributed by atoms with Crippen LogP contribution in [-0.4, -0.2) is 42.2 Å². The van der Waals surface area contributed by atoms with E-state index in [2.05, 4.69) is 34.8 Å². The van der Waals surface area contributed by atoms with Gasteiger partial charge in [0.05, 0.1) is 13.2 Å². The molecule has 0 amide bonds. The van der Waals surface area contributed by atoms with E-state index in [1.54, 1.807) is 6.33 Å². The molecule has 1 heterocycles. The van der Waals surface area contributed by atoms with Gasteiger partial charge < -0.3 is 9.64 Å². The fraction of sp³-hybridized carbons (Fsp3) is 0.692. The molecule has 1 aromatic rings. The molecule has 0 aliphatic heterocycles. The van der Waals surface area contributed by atoms with E-state index in [0.29, 0.717) is 19.1 Å². The van der Waals surface area contributed by atoms with Gasteiger partial charge in [-0.15, -0.1) is 11.6 Å². The van der Waals surface area contributed by atoms with E-state index in [0.717, 1.165) is 37.4 Å². The van der Waals surface area contributed by atoms with Crippen molar-refractivity contribution in [2.24, 2.45) is 0 Å². The number of rotatable bonds is 9. The van der Waals surface area contributed by atoms with Crippen LogP contribution >= 0.6 is 11.6 Å². The summed E-state index contributed by atoms with van der Waals surface area (Å²) in [7, 11) is 0. The highest BCUT2D eigenvalue weighted by Crippen LogP contribution is 2.11. The van der Waals surface area contributed by atoms with Crippen LogP contribution in [0.3, 0.4) is 0 Å². The van der Waals surface area contributed by atoms with Gasteiger partial charge in [0.15, 0.2) is 0 Å². The van der Waals surface area contributed by atoms with E-state index in [4.69, 9.17) is 16.3 Å². The van der Waals surface area contributed by atoms with Crippen LogP contribution in [0.25, 0.3) is 0 Å². The molecule has 102 valence electrons. The maximum atomic E-state index is 5.56. The van der Waals surface area contributed by atoms with Crippen molar-refractivity contribution in [2.75, 3.05) is 37.1 Å². The molecule has 0 aromatic carbocycles. The second-order valence-corrected chi connectivity index (χ2v) is 4.38. The molecule has 0 N–H and O–H groups in total. The highest BCUT2D eigenvalue weighted by atomic mass is 35.5. The largest absolute Gasteiger partial charge is 0.378 e. The van der Waals surface area contributed by atoms with E-state index < -0.39 is 0 Å². The number of aryl methyl sites for hydroxylation is 1. The molecule has 0 radical (unpaired) electrons. The van der Waals surface area contributed by atoms with Gasteiger partial charge in [-0.3, -0.25) is 0 Å². The average molecular weight is 272 g/mol. The van der Waals surface area contributed by atoms with Crippen molar-refractivity contribution in [1.29, 1.82) is 0 Å². The van der Waals surface area contributed by atoms with Crippen LogP contribution in [0, 0.1) is 0 Å². The predicted molar refractivity (Wildman–Crippen MR) is 75.5 cm³/mol. The van der Waals surface area contributed by atoms with Gasteiger partial charge in [0.1, 0.15) is 12.1 Å². The Labute approximate surface area is 114 Å². The Morgan fingerprint density at radius 2 is 2.11 bits per heavy atom. The van der Waals surface area contributed by atoms with Gasteiger partial charge in [-0.05, 0) is 13.3 Å². The summed E-state index contributed by atoms with van der Waals surface area (Å²) in [6.45, 7) is 7.28. The minimum atomic E-state index is 0.542. The molecule has 0 fully saturated rings. The molecule has 0 unspecified atom stereocenters. The van der Waals surface area contributed by atoms with Crippen LogP contribution in [0.4, 0.5) is 5.82 Å². The van der Waals surface area contributed by atoms with Gasteiger partial charge in [0.2, 0.25) is 0 Å². The second-order valence-electron chi connectivity index (χ2n) is 4.00. The number of aromatic nitrogens is 2. The van der Waals surface area contributed by atoms with Crippen LogP contribution in [0.5, 0.6) is 0 Å². The van der Waals surface area contributed by atoms with Crippen molar-refractivity contribution in [2.45, 2.75) is 26.7 Å². The molecule has 1 aromatic heterocycles. The van der Waals surface area contributed by atoms with Crippen LogP contribution in [0.15, 0.2) is 12.4 Å². The van der Waals surface area contributed by atoms with Crippen molar-refractivity contribution >= 4 is 17.4 Å². The first-order valence-electron chi connectivity index (χ1n) is 6.51. The third kappa shape index (κ3) is 5.19. The molecular formula is C13H22ClN3O. The number of anilines is 1. The average Bonchev–Trinajstić information content (AvgIpc) is 2.40. The lowest BCUT2D eigenvalue weighted by molar-refractivity contribution is 0.155. The molecule has 0 saturated carbocycles. The summed E-state index contributed by atoms with van der Waals surface area (Å²) in [6.07, 6.45) is 3.74. The molecule has 1 rings (SSSR count). The summed E-state index contributed by atoms with van der Waals surface area (Å²) in [5, 5.41) is 0. The highest BCUT2D eigenvalue weighted by Gasteiger charge is 2.06. The number of halogens is 1. The van der Waals surface area contributed by atoms with E-state index in [9.17, 15) is 0 Å². The van der Waals surface area contributed by atoms with Crippen molar-refractivity contribution < 1.29 is 4.74 Å². The van der Waals surface area contributed by atoms with Crippen LogP contribution in [0.2, 0.25) is 0 Å². The molecule has 4 nitrogen and oxygen atoms in total. The van der Waals surface area contributed by atoms with Crippen LogP contribution in [0.1, 0.15) is 26.0 Å². The van der Waals surface area contributed by atoms with E-state index in [1.807, 2.05) is 0 Å². The van der Waals surface area contributed by atoms with Crippen molar-refractivity contribution in [3.05, 3.63) is 18.1 Å². The molecular weight excluding hydrogens is 250 g/mol. The summed E-state index contributed by atoms with van der Waals surface area (Å²) < 4.78 is 5.40. The Balaban J connectivity index is 2.54. The van der Waals surface area contributed by atoms with Gasteiger partial charge in [0.25, 0.3) is 0 Å². The van der Waals surface area contributed by atoms with Gasteiger partial charge in [0, 0.05) is 30.7 Å². The zero-order valence-corrected chi connectivity index (χ0v) is 12.0. The normalized spacial score (nSPS) is 10.6. The monoisotopic (exact) mass is 271 g/mol. The summed E-state index contributed by atoms with van der Waals surface area (Å²) in [5.41, 5.74) is 1.10. The number of nitrogens with zero attached hydrogens (tertiary/aromatic N) is 3.